The van der Waals surface area contributed by atoms with Crippen LogP contribution in [-0.2, 0) is 35.1 Å². The lowest BCUT2D eigenvalue weighted by molar-refractivity contribution is -0.0939. The van der Waals surface area contributed by atoms with Crippen molar-refractivity contribution in [1.29, 1.82) is 0 Å². The Hall–Kier alpha value is -4.68. The van der Waals surface area contributed by atoms with Gasteiger partial charge in [-0.1, -0.05) is 78.9 Å². The lowest BCUT2D eigenvalue weighted by Crippen LogP contribution is -2.38. The highest BCUT2D eigenvalue weighted by molar-refractivity contribution is 7.47. The average molecular weight is 700 g/mol. The molecule has 1 aliphatic rings. The molecule has 2 aromatic heterocycles. The molecular weight excluding hydrogens is 661 g/mol. The van der Waals surface area contributed by atoms with Crippen molar-refractivity contribution >= 4 is 7.82 Å². The number of hydrogen-bond acceptors (Lipinski definition) is 9. The first-order chi connectivity index (χ1) is 24.2. The van der Waals surface area contributed by atoms with E-state index in [2.05, 4.69) is 9.97 Å². The molecule has 4 atom stereocenters. The molecule has 3 aromatic carbocycles. The SMILES string of the molecule is COc1ccc(C(OC[C@H]2O[C@@H](n3cc(C)c(=O)[nH]c3=O)C[C@@H]2OP(=O)(O)OCCc2ccccn2)(c2ccccc2)c2ccccc2)cc1. The summed E-state index contributed by atoms with van der Waals surface area (Å²) in [5.41, 5.74) is 1.03. The van der Waals surface area contributed by atoms with E-state index in [9.17, 15) is 19.0 Å². The molecule has 2 N–H and O–H groups in total. The van der Waals surface area contributed by atoms with Crippen LogP contribution in [0.4, 0.5) is 0 Å². The van der Waals surface area contributed by atoms with Crippen LogP contribution in [-0.4, -0.2) is 52.0 Å². The molecule has 1 saturated heterocycles. The highest BCUT2D eigenvalue weighted by Gasteiger charge is 2.45. The molecule has 0 saturated carbocycles. The molecule has 50 heavy (non-hydrogen) atoms. The molecule has 1 aliphatic heterocycles. The fourth-order valence-electron chi connectivity index (χ4n) is 6.07. The summed E-state index contributed by atoms with van der Waals surface area (Å²) < 4.78 is 44.4. The monoisotopic (exact) mass is 699 g/mol. The Morgan fingerprint density at radius 3 is 2.20 bits per heavy atom. The summed E-state index contributed by atoms with van der Waals surface area (Å²) >= 11 is 0. The van der Waals surface area contributed by atoms with Gasteiger partial charge in [0.25, 0.3) is 5.56 Å². The van der Waals surface area contributed by atoms with E-state index in [1.165, 1.54) is 10.8 Å². The lowest BCUT2D eigenvalue weighted by Gasteiger charge is -2.37. The number of aromatic amines is 1. The molecule has 0 radical (unpaired) electrons. The molecule has 0 spiro atoms. The normalized spacial score (nSPS) is 18.8. The molecule has 1 fully saturated rings. The Morgan fingerprint density at radius 1 is 0.940 bits per heavy atom. The Kier molecular flexibility index (Phi) is 10.9. The third-order valence-corrected chi connectivity index (χ3v) is 9.61. The fourth-order valence-corrected chi connectivity index (χ4v) is 7.02. The molecule has 5 aromatic rings. The van der Waals surface area contributed by atoms with E-state index >= 15 is 0 Å². The maximum Gasteiger partial charge on any atom is 0.472 e. The molecular formula is C37H38N3O9P. The number of benzene rings is 3. The molecule has 0 aliphatic carbocycles. The third kappa shape index (κ3) is 7.87. The molecule has 0 bridgehead atoms. The lowest BCUT2D eigenvalue weighted by atomic mass is 9.80. The van der Waals surface area contributed by atoms with Gasteiger partial charge in [0.05, 0.1) is 20.3 Å². The molecule has 0 amide bonds. The van der Waals surface area contributed by atoms with Crippen molar-refractivity contribution < 1.29 is 32.7 Å². The maximum absolute atomic E-state index is 13.3. The quantitative estimate of drug-likeness (QED) is 0.116. The van der Waals surface area contributed by atoms with Crippen molar-refractivity contribution in [3.8, 4) is 5.75 Å². The van der Waals surface area contributed by atoms with Crippen LogP contribution in [0.25, 0.3) is 0 Å². The summed E-state index contributed by atoms with van der Waals surface area (Å²) in [4.78, 5) is 42.4. The summed E-state index contributed by atoms with van der Waals surface area (Å²) in [5.74, 6) is 0.669. The van der Waals surface area contributed by atoms with Gasteiger partial charge in [-0.05, 0) is 47.9 Å². The fraction of sp³-hybridized carbons (Fsp3) is 0.270. The van der Waals surface area contributed by atoms with E-state index < -0.39 is 43.1 Å². The average Bonchev–Trinajstić information content (AvgIpc) is 3.52. The molecule has 13 heteroatoms. The number of hydrogen-bond donors (Lipinski definition) is 2. The number of methoxy groups -OCH3 is 1. The van der Waals surface area contributed by atoms with Gasteiger partial charge in [-0.15, -0.1) is 0 Å². The second-order valence-electron chi connectivity index (χ2n) is 11.8. The van der Waals surface area contributed by atoms with Crippen LogP contribution in [0.5, 0.6) is 5.75 Å². The minimum atomic E-state index is -4.63. The van der Waals surface area contributed by atoms with Crippen LogP contribution in [0.2, 0.25) is 0 Å². The van der Waals surface area contributed by atoms with Crippen molar-refractivity contribution in [2.45, 2.75) is 43.8 Å². The van der Waals surface area contributed by atoms with Gasteiger partial charge in [0.1, 0.15) is 29.8 Å². The van der Waals surface area contributed by atoms with Gasteiger partial charge in [-0.3, -0.25) is 28.4 Å². The number of ether oxygens (including phenoxy) is 3. The predicted molar refractivity (Wildman–Crippen MR) is 185 cm³/mol. The van der Waals surface area contributed by atoms with E-state index in [0.29, 0.717) is 17.0 Å². The van der Waals surface area contributed by atoms with Gasteiger partial charge in [0.15, 0.2) is 0 Å². The molecule has 12 nitrogen and oxygen atoms in total. The van der Waals surface area contributed by atoms with Gasteiger partial charge < -0.3 is 19.1 Å². The Morgan fingerprint density at radius 2 is 1.58 bits per heavy atom. The Balaban J connectivity index is 1.34. The van der Waals surface area contributed by atoms with Crippen molar-refractivity contribution in [1.82, 2.24) is 14.5 Å². The third-order valence-electron chi connectivity index (χ3n) is 8.57. The predicted octanol–water partition coefficient (Wildman–Crippen LogP) is 5.29. The van der Waals surface area contributed by atoms with E-state index in [4.69, 9.17) is 23.3 Å². The standard InChI is InChI=1S/C37H38N3O9P/c1-26-24-40(36(42)39-35(26)41)34-23-32(49-50(43,44)47-22-20-30-15-9-10-21-38-30)33(48-34)25-46-37(27-11-5-3-6-12-27,28-13-7-4-8-14-28)29-16-18-31(45-2)19-17-29/h3-19,21,24,32-34H,20,22-23,25H2,1-2H3,(H,43,44)(H,39,41,42)/t32-,33+,34+/m0/s1. The van der Waals surface area contributed by atoms with E-state index in [1.807, 2.05) is 91.0 Å². The number of H-pyrrole nitrogens is 1. The Labute approximate surface area is 288 Å². The molecule has 260 valence electrons. The summed E-state index contributed by atoms with van der Waals surface area (Å²) in [6.07, 6.45) is 0.337. The van der Waals surface area contributed by atoms with Gasteiger partial charge >= 0.3 is 13.5 Å². The van der Waals surface area contributed by atoms with Crippen LogP contribution < -0.4 is 16.0 Å². The van der Waals surface area contributed by atoms with Crippen molar-refractivity contribution in [3.05, 3.63) is 164 Å². The van der Waals surface area contributed by atoms with Crippen molar-refractivity contribution in [2.75, 3.05) is 20.3 Å². The molecule has 6 rings (SSSR count). The maximum atomic E-state index is 13.3. The van der Waals surface area contributed by atoms with E-state index in [0.717, 1.165) is 16.7 Å². The van der Waals surface area contributed by atoms with E-state index in [-0.39, 0.29) is 26.1 Å². The Bertz CT molecular complexity index is 1980. The number of aromatic nitrogens is 3. The molecule has 3 heterocycles. The smallest absolute Gasteiger partial charge is 0.472 e. The summed E-state index contributed by atoms with van der Waals surface area (Å²) in [6.45, 7) is 1.31. The van der Waals surface area contributed by atoms with Crippen LogP contribution in [0, 0.1) is 6.92 Å². The number of rotatable bonds is 14. The second kappa shape index (κ2) is 15.5. The number of nitrogens with one attached hydrogen (secondary N) is 1. The summed E-state index contributed by atoms with van der Waals surface area (Å²) in [7, 11) is -3.04. The first kappa shape index (κ1) is 35.2. The van der Waals surface area contributed by atoms with Gasteiger partial charge in [0, 0.05) is 36.5 Å². The van der Waals surface area contributed by atoms with Crippen LogP contribution >= 0.6 is 7.82 Å². The zero-order valence-electron chi connectivity index (χ0n) is 27.6. The largest absolute Gasteiger partial charge is 0.497 e. The minimum Gasteiger partial charge on any atom is -0.497 e. The zero-order valence-corrected chi connectivity index (χ0v) is 28.5. The second-order valence-corrected chi connectivity index (χ2v) is 13.2. The van der Waals surface area contributed by atoms with E-state index in [1.54, 1.807) is 32.4 Å². The van der Waals surface area contributed by atoms with Gasteiger partial charge in [0.2, 0.25) is 0 Å². The van der Waals surface area contributed by atoms with Crippen LogP contribution in [0.1, 0.15) is 40.6 Å². The summed E-state index contributed by atoms with van der Waals surface area (Å²) in [5, 5.41) is 0. The zero-order chi connectivity index (χ0) is 35.1. The van der Waals surface area contributed by atoms with Crippen LogP contribution in [0.3, 0.4) is 0 Å². The minimum absolute atomic E-state index is 0.0141. The number of phosphoric acid groups is 1. The number of aryl methyl sites for hydroxylation is 1. The van der Waals surface area contributed by atoms with Crippen molar-refractivity contribution in [2.24, 2.45) is 0 Å². The van der Waals surface area contributed by atoms with Crippen LogP contribution in [0.15, 0.2) is 125 Å². The first-order valence-electron chi connectivity index (χ1n) is 16.1. The topological polar surface area (TPSA) is 151 Å². The first-order valence-corrected chi connectivity index (χ1v) is 17.6. The number of nitrogens with zero attached hydrogens (tertiary/aromatic N) is 2. The number of pyridine rings is 1. The highest BCUT2D eigenvalue weighted by Crippen LogP contribution is 2.49. The van der Waals surface area contributed by atoms with Crippen molar-refractivity contribution in [3.63, 3.8) is 0 Å². The van der Waals surface area contributed by atoms with Gasteiger partial charge in [-0.25, -0.2) is 9.36 Å². The van der Waals surface area contributed by atoms with Gasteiger partial charge in [-0.2, -0.15) is 0 Å². The highest BCUT2D eigenvalue weighted by atomic mass is 31.2. The summed E-state index contributed by atoms with van der Waals surface area (Å²) in [6, 6.07) is 32.3. The number of phosphoric ester groups is 1. The molecule has 1 unspecified atom stereocenters.